The number of rotatable bonds is 3. The summed E-state index contributed by atoms with van der Waals surface area (Å²) in [5.41, 5.74) is 2.00. The van der Waals surface area contributed by atoms with Gasteiger partial charge < -0.3 is 5.11 Å². The fourth-order valence-corrected chi connectivity index (χ4v) is 3.95. The van der Waals surface area contributed by atoms with E-state index in [4.69, 9.17) is 5.11 Å². The molecule has 2 fully saturated rings. The van der Waals surface area contributed by atoms with E-state index in [0.29, 0.717) is 17.8 Å². The molecule has 0 heterocycles. The molecule has 2 saturated carbocycles. The molecule has 4 aliphatic rings. The van der Waals surface area contributed by atoms with Gasteiger partial charge in [0.15, 0.2) is 0 Å². The van der Waals surface area contributed by atoms with Gasteiger partial charge in [-0.3, -0.25) is 4.79 Å². The number of aliphatic carboxylic acids is 1. The smallest absolute Gasteiger partial charge is 0.304 e. The Morgan fingerprint density at radius 3 is 2.62 bits per heavy atom. The lowest BCUT2D eigenvalue weighted by atomic mass is 9.47. The molecule has 2 atom stereocenters. The lowest BCUT2D eigenvalue weighted by Crippen LogP contribution is -2.49. The molecule has 2 bridgehead atoms. The Morgan fingerprint density at radius 2 is 2.19 bits per heavy atom. The highest BCUT2D eigenvalue weighted by atomic mass is 16.4. The summed E-state index contributed by atoms with van der Waals surface area (Å²) in [7, 11) is 0. The molecule has 2 heteroatoms. The van der Waals surface area contributed by atoms with Crippen molar-refractivity contribution in [3.8, 4) is 0 Å². The van der Waals surface area contributed by atoms with Gasteiger partial charge in [0, 0.05) is 5.41 Å². The predicted octanol–water partition coefficient (Wildman–Crippen LogP) is 3.23. The average Bonchev–Trinajstić information content (AvgIpc) is 2.97. The minimum absolute atomic E-state index is 0.0686. The van der Waals surface area contributed by atoms with Crippen molar-refractivity contribution in [2.24, 2.45) is 22.7 Å². The van der Waals surface area contributed by atoms with Crippen LogP contribution < -0.4 is 0 Å². The SMILES string of the molecule is CC1(C)C2CC=C(C3(CC(=O)O)CC3)C1C2. The molecule has 0 saturated heterocycles. The number of allylic oxidation sites excluding steroid dienone is 2. The number of carboxylic acid groups (broad SMARTS) is 1. The predicted molar refractivity (Wildman–Crippen MR) is 62.0 cm³/mol. The normalized spacial score (nSPS) is 37.2. The van der Waals surface area contributed by atoms with Gasteiger partial charge >= 0.3 is 5.97 Å². The second kappa shape index (κ2) is 2.91. The minimum Gasteiger partial charge on any atom is -0.481 e. The first-order chi connectivity index (χ1) is 7.46. The summed E-state index contributed by atoms with van der Waals surface area (Å²) in [5, 5.41) is 9.02. The molecule has 0 spiro atoms. The van der Waals surface area contributed by atoms with E-state index >= 15 is 0 Å². The molecule has 0 amide bonds. The highest BCUT2D eigenvalue weighted by molar-refractivity contribution is 5.69. The highest BCUT2D eigenvalue weighted by Gasteiger charge is 2.59. The first-order valence-corrected chi connectivity index (χ1v) is 6.38. The van der Waals surface area contributed by atoms with E-state index in [1.165, 1.54) is 18.4 Å². The topological polar surface area (TPSA) is 37.3 Å². The van der Waals surface area contributed by atoms with Gasteiger partial charge in [0.1, 0.15) is 0 Å². The van der Waals surface area contributed by atoms with Gasteiger partial charge in [0.05, 0.1) is 6.42 Å². The Hall–Kier alpha value is -0.790. The standard InChI is InChI=1S/C14H20O2/c1-13(2)9-3-4-10(11(13)7-9)14(5-6-14)8-12(15)16/h4,9,11H,3,5-8H2,1-2H3,(H,15,16). The van der Waals surface area contributed by atoms with Crippen LogP contribution in [0.5, 0.6) is 0 Å². The maximum absolute atomic E-state index is 11.0. The number of carboxylic acids is 1. The van der Waals surface area contributed by atoms with Crippen molar-refractivity contribution in [2.75, 3.05) is 0 Å². The Bertz CT molecular complexity index is 374. The summed E-state index contributed by atoms with van der Waals surface area (Å²) >= 11 is 0. The molecule has 0 aromatic rings. The Kier molecular flexibility index (Phi) is 1.88. The van der Waals surface area contributed by atoms with Crippen molar-refractivity contribution in [2.45, 2.75) is 46.0 Å². The third kappa shape index (κ3) is 1.22. The second-order valence-corrected chi connectivity index (χ2v) is 6.55. The van der Waals surface area contributed by atoms with Crippen LogP contribution in [0, 0.1) is 22.7 Å². The molecule has 16 heavy (non-hydrogen) atoms. The molecule has 4 rings (SSSR count). The maximum Gasteiger partial charge on any atom is 0.304 e. The fourth-order valence-electron chi connectivity index (χ4n) is 3.95. The number of fused-ring (bicyclic) bond motifs is 1. The molecule has 2 nitrogen and oxygen atoms in total. The van der Waals surface area contributed by atoms with Crippen molar-refractivity contribution < 1.29 is 9.90 Å². The number of carbonyl (C=O) groups is 1. The van der Waals surface area contributed by atoms with Crippen LogP contribution in [0.4, 0.5) is 0 Å². The monoisotopic (exact) mass is 220 g/mol. The lowest BCUT2D eigenvalue weighted by Gasteiger charge is -2.58. The van der Waals surface area contributed by atoms with Crippen molar-refractivity contribution in [1.29, 1.82) is 0 Å². The van der Waals surface area contributed by atoms with Crippen LogP contribution in [0.2, 0.25) is 0 Å². The molecule has 2 unspecified atom stereocenters. The van der Waals surface area contributed by atoms with E-state index in [0.717, 1.165) is 18.8 Å². The lowest BCUT2D eigenvalue weighted by molar-refractivity contribution is -0.138. The van der Waals surface area contributed by atoms with E-state index < -0.39 is 5.97 Å². The van der Waals surface area contributed by atoms with Crippen LogP contribution >= 0.6 is 0 Å². The van der Waals surface area contributed by atoms with Gasteiger partial charge in [-0.1, -0.05) is 25.5 Å². The zero-order valence-corrected chi connectivity index (χ0v) is 10.1. The Labute approximate surface area is 96.7 Å². The largest absolute Gasteiger partial charge is 0.481 e. The molecular formula is C14H20O2. The van der Waals surface area contributed by atoms with E-state index in [-0.39, 0.29) is 5.41 Å². The van der Waals surface area contributed by atoms with E-state index in [2.05, 4.69) is 19.9 Å². The number of hydrogen-bond donors (Lipinski definition) is 1. The van der Waals surface area contributed by atoms with Crippen LogP contribution in [0.1, 0.15) is 46.0 Å². The summed E-state index contributed by atoms with van der Waals surface area (Å²) in [6.45, 7) is 4.71. The third-order valence-corrected chi connectivity index (χ3v) is 5.42. The summed E-state index contributed by atoms with van der Waals surface area (Å²) < 4.78 is 0. The van der Waals surface area contributed by atoms with Crippen LogP contribution in [-0.2, 0) is 4.79 Å². The van der Waals surface area contributed by atoms with Gasteiger partial charge in [0.2, 0.25) is 0 Å². The zero-order valence-electron chi connectivity index (χ0n) is 10.1. The van der Waals surface area contributed by atoms with Gasteiger partial charge in [-0.2, -0.15) is 0 Å². The molecule has 0 aliphatic heterocycles. The van der Waals surface area contributed by atoms with E-state index in [1.807, 2.05) is 0 Å². The first kappa shape index (κ1) is 10.4. The molecule has 0 radical (unpaired) electrons. The summed E-state index contributed by atoms with van der Waals surface area (Å²) in [5.74, 6) is 0.896. The minimum atomic E-state index is -0.627. The molecule has 4 aliphatic carbocycles. The van der Waals surface area contributed by atoms with Gasteiger partial charge in [-0.25, -0.2) is 0 Å². The molecule has 88 valence electrons. The second-order valence-electron chi connectivity index (χ2n) is 6.55. The van der Waals surface area contributed by atoms with Crippen molar-refractivity contribution in [3.05, 3.63) is 11.6 Å². The summed E-state index contributed by atoms with van der Waals surface area (Å²) in [4.78, 5) is 11.0. The average molecular weight is 220 g/mol. The summed E-state index contributed by atoms with van der Waals surface area (Å²) in [6, 6.07) is 0. The van der Waals surface area contributed by atoms with Crippen molar-refractivity contribution in [3.63, 3.8) is 0 Å². The van der Waals surface area contributed by atoms with Crippen LogP contribution in [0.3, 0.4) is 0 Å². The Balaban J connectivity index is 1.86. The van der Waals surface area contributed by atoms with Gasteiger partial charge in [-0.05, 0) is 42.9 Å². The van der Waals surface area contributed by atoms with E-state index in [9.17, 15) is 4.79 Å². The fraction of sp³-hybridized carbons (Fsp3) is 0.786. The highest BCUT2D eigenvalue weighted by Crippen LogP contribution is 2.68. The molecular weight excluding hydrogens is 200 g/mol. The first-order valence-electron chi connectivity index (χ1n) is 6.38. The number of hydrogen-bond acceptors (Lipinski definition) is 1. The zero-order chi connectivity index (χ0) is 11.6. The van der Waals surface area contributed by atoms with Crippen molar-refractivity contribution >= 4 is 5.97 Å². The summed E-state index contributed by atoms with van der Waals surface area (Å²) in [6.07, 6.45) is 7.42. The van der Waals surface area contributed by atoms with Crippen LogP contribution in [0.25, 0.3) is 0 Å². The Morgan fingerprint density at radius 1 is 1.50 bits per heavy atom. The quantitative estimate of drug-likeness (QED) is 0.741. The molecule has 0 aromatic carbocycles. The van der Waals surface area contributed by atoms with Gasteiger partial charge in [0.25, 0.3) is 0 Å². The van der Waals surface area contributed by atoms with E-state index in [1.54, 1.807) is 0 Å². The maximum atomic E-state index is 11.0. The third-order valence-electron chi connectivity index (χ3n) is 5.42. The van der Waals surface area contributed by atoms with Gasteiger partial charge in [-0.15, -0.1) is 0 Å². The molecule has 0 aromatic heterocycles. The van der Waals surface area contributed by atoms with Crippen LogP contribution in [-0.4, -0.2) is 11.1 Å². The molecule has 1 N–H and O–H groups in total. The van der Waals surface area contributed by atoms with Crippen molar-refractivity contribution in [1.82, 2.24) is 0 Å². The van der Waals surface area contributed by atoms with Crippen LogP contribution in [0.15, 0.2) is 11.6 Å².